The lowest BCUT2D eigenvalue weighted by Crippen LogP contribution is -2.11. The quantitative estimate of drug-likeness (QED) is 0.346. The molecule has 0 aliphatic heterocycles. The number of hydrogen-bond acceptors (Lipinski definition) is 4. The van der Waals surface area contributed by atoms with Gasteiger partial charge in [0.1, 0.15) is 11.7 Å². The molecule has 4 N–H and O–H groups in total. The zero-order valence-corrected chi connectivity index (χ0v) is 16.6. The summed E-state index contributed by atoms with van der Waals surface area (Å²) in [4.78, 5) is 8.37. The van der Waals surface area contributed by atoms with E-state index in [4.69, 9.17) is 11.1 Å². The maximum absolute atomic E-state index is 12.9. The van der Waals surface area contributed by atoms with Gasteiger partial charge in [0.15, 0.2) is 0 Å². The number of benzene rings is 3. The summed E-state index contributed by atoms with van der Waals surface area (Å²) in [6, 6.07) is 20.8. The van der Waals surface area contributed by atoms with Gasteiger partial charge in [0.25, 0.3) is 0 Å². The third-order valence-electron chi connectivity index (χ3n) is 4.97. The highest BCUT2D eigenvalue weighted by Gasteiger charge is 2.19. The first-order valence-corrected chi connectivity index (χ1v) is 10.6. The molecule has 0 amide bonds. The number of aromatic nitrogens is 2. The number of H-pyrrole nitrogens is 1. The van der Waals surface area contributed by atoms with E-state index in [0.29, 0.717) is 16.6 Å². The van der Waals surface area contributed by atoms with Crippen molar-refractivity contribution in [2.75, 3.05) is 0 Å². The molecule has 0 aliphatic rings. The van der Waals surface area contributed by atoms with Crippen molar-refractivity contribution >= 4 is 26.7 Å². The molecule has 1 unspecified atom stereocenters. The van der Waals surface area contributed by atoms with Crippen LogP contribution in [-0.2, 0) is 9.84 Å². The van der Waals surface area contributed by atoms with Crippen LogP contribution in [0.15, 0.2) is 82.6 Å². The van der Waals surface area contributed by atoms with E-state index in [1.165, 1.54) is 0 Å². The zero-order valence-electron chi connectivity index (χ0n) is 15.8. The molecule has 7 heteroatoms. The van der Waals surface area contributed by atoms with Crippen molar-refractivity contribution in [3.05, 3.63) is 89.7 Å². The first-order chi connectivity index (χ1) is 13.9. The Bertz CT molecular complexity index is 1290. The number of nitrogens with zero attached hydrogens (tertiary/aromatic N) is 1. The minimum absolute atomic E-state index is 0.0279. The Morgan fingerprint density at radius 2 is 1.69 bits per heavy atom. The van der Waals surface area contributed by atoms with Gasteiger partial charge in [0.05, 0.1) is 20.8 Å². The number of hydrogen-bond donors (Lipinski definition) is 3. The van der Waals surface area contributed by atoms with Gasteiger partial charge in [-0.05, 0) is 35.9 Å². The van der Waals surface area contributed by atoms with Crippen molar-refractivity contribution in [3.63, 3.8) is 0 Å². The van der Waals surface area contributed by atoms with E-state index < -0.39 is 9.84 Å². The van der Waals surface area contributed by atoms with Gasteiger partial charge >= 0.3 is 0 Å². The van der Waals surface area contributed by atoms with Gasteiger partial charge in [0.2, 0.25) is 9.84 Å². The summed E-state index contributed by atoms with van der Waals surface area (Å²) in [7, 11) is -3.59. The van der Waals surface area contributed by atoms with Gasteiger partial charge in [-0.25, -0.2) is 13.4 Å². The highest BCUT2D eigenvalue weighted by Crippen LogP contribution is 2.27. The van der Waals surface area contributed by atoms with Gasteiger partial charge in [-0.1, -0.05) is 49.4 Å². The van der Waals surface area contributed by atoms with Crippen LogP contribution < -0.4 is 5.73 Å². The van der Waals surface area contributed by atoms with Gasteiger partial charge in [-0.3, -0.25) is 5.41 Å². The molecule has 1 atom stereocenters. The number of fused-ring (bicyclic) bond motifs is 1. The summed E-state index contributed by atoms with van der Waals surface area (Å²) in [5.74, 6) is 0.738. The van der Waals surface area contributed by atoms with E-state index in [9.17, 15) is 8.42 Å². The molecule has 1 aromatic heterocycles. The summed E-state index contributed by atoms with van der Waals surface area (Å²) >= 11 is 0. The fourth-order valence-corrected chi connectivity index (χ4v) is 4.53. The van der Waals surface area contributed by atoms with Crippen LogP contribution in [0.2, 0.25) is 0 Å². The summed E-state index contributed by atoms with van der Waals surface area (Å²) in [6.45, 7) is 2.02. The topological polar surface area (TPSA) is 113 Å². The normalized spacial score (nSPS) is 12.7. The SMILES string of the molecule is CC(c1ccc(C(=N)N)cc1)c1nc2ccc(S(=O)(=O)c3ccccc3)cc2[nH]1. The molecule has 1 heterocycles. The number of imidazole rings is 1. The molecule has 4 rings (SSSR count). The maximum Gasteiger partial charge on any atom is 0.206 e. The minimum atomic E-state index is -3.59. The number of sulfone groups is 1. The Hall–Kier alpha value is -3.45. The lowest BCUT2D eigenvalue weighted by molar-refractivity contribution is 0.596. The number of rotatable bonds is 5. The maximum atomic E-state index is 12.9. The molecular weight excluding hydrogens is 384 g/mol. The second-order valence-corrected chi connectivity index (χ2v) is 8.82. The molecule has 0 bridgehead atoms. The van der Waals surface area contributed by atoms with Gasteiger partial charge in [-0.15, -0.1) is 0 Å². The molecule has 4 aromatic rings. The number of nitrogens with one attached hydrogen (secondary N) is 2. The molecule has 0 fully saturated rings. The fraction of sp³-hybridized carbons (Fsp3) is 0.0909. The first kappa shape index (κ1) is 18.9. The molecule has 0 aliphatic carbocycles. The van der Waals surface area contributed by atoms with E-state index in [-0.39, 0.29) is 21.5 Å². The molecule has 146 valence electrons. The molecule has 0 saturated heterocycles. The first-order valence-electron chi connectivity index (χ1n) is 9.10. The largest absolute Gasteiger partial charge is 0.384 e. The molecule has 3 aromatic carbocycles. The Morgan fingerprint density at radius 1 is 1.00 bits per heavy atom. The summed E-state index contributed by atoms with van der Waals surface area (Å²) in [5.41, 5.74) is 8.57. The molecule has 29 heavy (non-hydrogen) atoms. The Balaban J connectivity index is 1.69. The fourth-order valence-electron chi connectivity index (χ4n) is 3.23. The lowest BCUT2D eigenvalue weighted by atomic mass is 9.99. The van der Waals surface area contributed by atoms with Crippen LogP contribution in [0.1, 0.15) is 29.8 Å². The van der Waals surface area contributed by atoms with Crippen LogP contribution in [0.3, 0.4) is 0 Å². The third kappa shape index (κ3) is 3.52. The molecule has 0 radical (unpaired) electrons. The van der Waals surface area contributed by atoms with Gasteiger partial charge in [-0.2, -0.15) is 0 Å². The van der Waals surface area contributed by atoms with Crippen LogP contribution in [0.25, 0.3) is 11.0 Å². The van der Waals surface area contributed by atoms with Crippen LogP contribution in [0, 0.1) is 5.41 Å². The second kappa shape index (κ2) is 7.18. The molecule has 6 nitrogen and oxygen atoms in total. The Kier molecular flexibility index (Phi) is 4.68. The smallest absolute Gasteiger partial charge is 0.206 e. The van der Waals surface area contributed by atoms with Crippen molar-refractivity contribution in [2.45, 2.75) is 22.6 Å². The predicted molar refractivity (Wildman–Crippen MR) is 113 cm³/mol. The predicted octanol–water partition coefficient (Wildman–Crippen LogP) is 3.83. The summed E-state index contributed by atoms with van der Waals surface area (Å²) in [5, 5.41) is 7.49. The van der Waals surface area contributed by atoms with Crippen LogP contribution >= 0.6 is 0 Å². The van der Waals surface area contributed by atoms with E-state index >= 15 is 0 Å². The van der Waals surface area contributed by atoms with Crippen molar-refractivity contribution in [2.24, 2.45) is 5.73 Å². The lowest BCUT2D eigenvalue weighted by Gasteiger charge is -2.09. The van der Waals surface area contributed by atoms with E-state index in [1.807, 2.05) is 19.1 Å². The number of nitrogens with two attached hydrogens (primary N) is 1. The van der Waals surface area contributed by atoms with E-state index in [2.05, 4.69) is 9.97 Å². The van der Waals surface area contributed by atoms with Crippen LogP contribution in [-0.4, -0.2) is 24.2 Å². The van der Waals surface area contributed by atoms with Gasteiger partial charge < -0.3 is 10.7 Å². The average molecular weight is 404 g/mol. The minimum Gasteiger partial charge on any atom is -0.384 e. The number of aromatic amines is 1. The van der Waals surface area contributed by atoms with Crippen molar-refractivity contribution in [3.8, 4) is 0 Å². The highest BCUT2D eigenvalue weighted by atomic mass is 32.2. The number of amidine groups is 1. The highest BCUT2D eigenvalue weighted by molar-refractivity contribution is 7.91. The van der Waals surface area contributed by atoms with Crippen molar-refractivity contribution < 1.29 is 8.42 Å². The Morgan fingerprint density at radius 3 is 2.34 bits per heavy atom. The Labute approximate surface area is 168 Å². The standard InChI is InChI=1S/C22H20N4O2S/c1-14(15-7-9-16(10-8-15)21(23)24)22-25-19-12-11-18(13-20(19)26-22)29(27,28)17-5-3-2-4-6-17/h2-14H,1H3,(H3,23,24)(H,25,26). The number of nitrogen functional groups attached to an aromatic ring is 1. The van der Waals surface area contributed by atoms with Gasteiger partial charge in [0, 0.05) is 11.5 Å². The second-order valence-electron chi connectivity index (χ2n) is 6.87. The monoisotopic (exact) mass is 404 g/mol. The molecule has 0 spiro atoms. The summed E-state index contributed by atoms with van der Waals surface area (Å²) in [6.07, 6.45) is 0. The molecular formula is C22H20N4O2S. The van der Waals surface area contributed by atoms with Crippen molar-refractivity contribution in [1.82, 2.24) is 9.97 Å². The van der Waals surface area contributed by atoms with E-state index in [1.54, 1.807) is 60.7 Å². The third-order valence-corrected chi connectivity index (χ3v) is 6.73. The van der Waals surface area contributed by atoms with Crippen LogP contribution in [0.5, 0.6) is 0 Å². The zero-order chi connectivity index (χ0) is 20.6. The van der Waals surface area contributed by atoms with Crippen molar-refractivity contribution in [1.29, 1.82) is 5.41 Å². The van der Waals surface area contributed by atoms with Crippen LogP contribution in [0.4, 0.5) is 0 Å². The summed E-state index contributed by atoms with van der Waals surface area (Å²) < 4.78 is 25.7. The molecule has 0 saturated carbocycles. The average Bonchev–Trinajstić information content (AvgIpc) is 3.17. The van der Waals surface area contributed by atoms with E-state index in [0.717, 1.165) is 11.4 Å².